The summed E-state index contributed by atoms with van der Waals surface area (Å²) in [6, 6.07) is 5.33. The summed E-state index contributed by atoms with van der Waals surface area (Å²) in [7, 11) is -3.51. The van der Waals surface area contributed by atoms with Crippen molar-refractivity contribution in [2.75, 3.05) is 13.1 Å². The Labute approximate surface area is 101 Å². The van der Waals surface area contributed by atoms with E-state index in [0.717, 1.165) is 11.1 Å². The summed E-state index contributed by atoms with van der Waals surface area (Å²) in [5.41, 5.74) is 1.62. The van der Waals surface area contributed by atoms with Gasteiger partial charge in [-0.3, -0.25) is 4.79 Å². The first kappa shape index (κ1) is 12.3. The molecule has 0 atom stereocenters. The van der Waals surface area contributed by atoms with E-state index in [4.69, 9.17) is 0 Å². The van der Waals surface area contributed by atoms with Crippen LogP contribution >= 0.6 is 0 Å². The molecule has 1 aliphatic heterocycles. The van der Waals surface area contributed by atoms with Crippen molar-refractivity contribution >= 4 is 15.8 Å². The lowest BCUT2D eigenvalue weighted by Crippen LogP contribution is -2.29. The van der Waals surface area contributed by atoms with Crippen molar-refractivity contribution in [1.29, 1.82) is 0 Å². The van der Waals surface area contributed by atoms with E-state index in [-0.39, 0.29) is 12.3 Å². The Balaban J connectivity index is 2.44. The van der Waals surface area contributed by atoms with Crippen LogP contribution in [0.4, 0.5) is 0 Å². The van der Waals surface area contributed by atoms with Crippen LogP contribution in [0.3, 0.4) is 0 Å². The molecule has 1 aromatic carbocycles. The number of hydrogen-bond donors (Lipinski definition) is 0. The van der Waals surface area contributed by atoms with Crippen LogP contribution in [-0.2, 0) is 14.8 Å². The standard InChI is InChI=1S/C12H15NO3S/c1-9-3-4-10(2)12(7-9)17(15,16)13-6-5-11(14)8-13/h3-4,7H,5-6,8H2,1-2H3. The molecule has 17 heavy (non-hydrogen) atoms. The Morgan fingerprint density at radius 3 is 2.53 bits per heavy atom. The molecule has 0 aromatic heterocycles. The summed E-state index contributed by atoms with van der Waals surface area (Å²) < 4.78 is 25.9. The van der Waals surface area contributed by atoms with Crippen molar-refractivity contribution < 1.29 is 13.2 Å². The van der Waals surface area contributed by atoms with Gasteiger partial charge in [0.15, 0.2) is 0 Å². The fourth-order valence-electron chi connectivity index (χ4n) is 1.93. The average Bonchev–Trinajstić information content (AvgIpc) is 2.69. The molecular formula is C12H15NO3S. The number of benzene rings is 1. The van der Waals surface area contributed by atoms with Crippen molar-refractivity contribution in [3.8, 4) is 0 Å². The number of ketones is 1. The highest BCUT2D eigenvalue weighted by Gasteiger charge is 2.32. The Morgan fingerprint density at radius 1 is 1.24 bits per heavy atom. The van der Waals surface area contributed by atoms with Gasteiger partial charge >= 0.3 is 0 Å². The highest BCUT2D eigenvalue weighted by molar-refractivity contribution is 7.89. The first-order valence-electron chi connectivity index (χ1n) is 5.50. The van der Waals surface area contributed by atoms with Gasteiger partial charge in [0.25, 0.3) is 0 Å². The Kier molecular flexibility index (Phi) is 3.05. The number of nitrogens with zero attached hydrogens (tertiary/aromatic N) is 1. The van der Waals surface area contributed by atoms with E-state index < -0.39 is 10.0 Å². The highest BCUT2D eigenvalue weighted by atomic mass is 32.2. The Morgan fingerprint density at radius 2 is 1.94 bits per heavy atom. The molecule has 0 amide bonds. The molecule has 0 unspecified atom stereocenters. The molecule has 1 aliphatic rings. The lowest BCUT2D eigenvalue weighted by Gasteiger charge is -2.16. The summed E-state index contributed by atoms with van der Waals surface area (Å²) in [6.45, 7) is 3.93. The predicted molar refractivity (Wildman–Crippen MR) is 64.3 cm³/mol. The van der Waals surface area contributed by atoms with Crippen LogP contribution in [0.2, 0.25) is 0 Å². The zero-order valence-electron chi connectivity index (χ0n) is 9.93. The molecule has 1 heterocycles. The van der Waals surface area contributed by atoms with E-state index in [0.29, 0.717) is 17.9 Å². The van der Waals surface area contributed by atoms with Crippen LogP contribution < -0.4 is 0 Å². The van der Waals surface area contributed by atoms with Gasteiger partial charge in [-0.25, -0.2) is 8.42 Å². The van der Waals surface area contributed by atoms with Gasteiger partial charge in [-0.15, -0.1) is 0 Å². The maximum absolute atomic E-state index is 12.3. The van der Waals surface area contributed by atoms with E-state index in [2.05, 4.69) is 0 Å². The van der Waals surface area contributed by atoms with Crippen molar-refractivity contribution in [2.45, 2.75) is 25.2 Å². The number of hydrogen-bond acceptors (Lipinski definition) is 3. The van der Waals surface area contributed by atoms with Gasteiger partial charge in [0.05, 0.1) is 11.4 Å². The molecule has 5 heteroatoms. The number of carbonyl (C=O) groups is 1. The van der Waals surface area contributed by atoms with Crippen molar-refractivity contribution in [3.05, 3.63) is 29.3 Å². The van der Waals surface area contributed by atoms with Crippen molar-refractivity contribution in [2.24, 2.45) is 0 Å². The third-order valence-electron chi connectivity index (χ3n) is 2.95. The molecule has 0 bridgehead atoms. The first-order chi connectivity index (χ1) is 7.91. The largest absolute Gasteiger partial charge is 0.298 e. The molecule has 0 N–H and O–H groups in total. The topological polar surface area (TPSA) is 54.5 Å². The van der Waals surface area contributed by atoms with Gasteiger partial charge in [-0.05, 0) is 31.0 Å². The van der Waals surface area contributed by atoms with E-state index in [1.54, 1.807) is 19.1 Å². The lowest BCUT2D eigenvalue weighted by molar-refractivity contribution is -0.116. The molecule has 1 aromatic rings. The smallest absolute Gasteiger partial charge is 0.243 e. The quantitative estimate of drug-likeness (QED) is 0.797. The number of sulfonamides is 1. The summed E-state index contributed by atoms with van der Waals surface area (Å²) in [5, 5.41) is 0. The molecule has 0 spiro atoms. The maximum atomic E-state index is 12.3. The van der Waals surface area contributed by atoms with Gasteiger partial charge in [-0.1, -0.05) is 12.1 Å². The normalized spacial score (nSPS) is 17.6. The molecule has 2 rings (SSSR count). The predicted octanol–water partition coefficient (Wildman–Crippen LogP) is 1.27. The van der Waals surface area contributed by atoms with Crippen LogP contribution in [-0.4, -0.2) is 31.6 Å². The minimum atomic E-state index is -3.51. The van der Waals surface area contributed by atoms with Crippen LogP contribution in [0.5, 0.6) is 0 Å². The second-order valence-electron chi connectivity index (χ2n) is 4.40. The maximum Gasteiger partial charge on any atom is 0.243 e. The number of rotatable bonds is 2. The Bertz CT molecular complexity index is 563. The number of Topliss-reactive ketones (excluding diaryl/α,β-unsaturated/α-hetero) is 1. The van der Waals surface area contributed by atoms with Crippen LogP contribution in [0, 0.1) is 13.8 Å². The molecule has 4 nitrogen and oxygen atoms in total. The van der Waals surface area contributed by atoms with Crippen molar-refractivity contribution in [3.63, 3.8) is 0 Å². The van der Waals surface area contributed by atoms with Gasteiger partial charge in [0.1, 0.15) is 5.78 Å². The minimum Gasteiger partial charge on any atom is -0.298 e. The SMILES string of the molecule is Cc1ccc(C)c(S(=O)(=O)N2CCC(=O)C2)c1. The number of carbonyl (C=O) groups excluding carboxylic acids is 1. The fourth-order valence-corrected chi connectivity index (χ4v) is 3.67. The molecule has 92 valence electrons. The van der Waals surface area contributed by atoms with Crippen molar-refractivity contribution in [1.82, 2.24) is 4.31 Å². The van der Waals surface area contributed by atoms with E-state index in [1.807, 2.05) is 13.0 Å². The van der Waals surface area contributed by atoms with Gasteiger partial charge in [-0.2, -0.15) is 4.31 Å². The van der Waals surface area contributed by atoms with Crippen LogP contribution in [0.1, 0.15) is 17.5 Å². The van der Waals surface area contributed by atoms with Crippen LogP contribution in [0.25, 0.3) is 0 Å². The second kappa shape index (κ2) is 4.23. The molecule has 0 aliphatic carbocycles. The van der Waals surface area contributed by atoms with E-state index in [1.165, 1.54) is 4.31 Å². The van der Waals surface area contributed by atoms with Gasteiger partial charge in [0, 0.05) is 13.0 Å². The fraction of sp³-hybridized carbons (Fsp3) is 0.417. The van der Waals surface area contributed by atoms with Gasteiger partial charge in [0.2, 0.25) is 10.0 Å². The molecular weight excluding hydrogens is 238 g/mol. The van der Waals surface area contributed by atoms with E-state index in [9.17, 15) is 13.2 Å². The number of aryl methyl sites for hydroxylation is 2. The zero-order valence-corrected chi connectivity index (χ0v) is 10.8. The molecule has 1 fully saturated rings. The van der Waals surface area contributed by atoms with Gasteiger partial charge < -0.3 is 0 Å². The Hall–Kier alpha value is -1.20. The minimum absolute atomic E-state index is 0.00964. The third kappa shape index (κ3) is 2.25. The average molecular weight is 253 g/mol. The van der Waals surface area contributed by atoms with E-state index >= 15 is 0 Å². The summed E-state index contributed by atoms with van der Waals surface area (Å²) in [5.74, 6) is -0.0149. The lowest BCUT2D eigenvalue weighted by atomic mass is 10.2. The molecule has 1 saturated heterocycles. The molecule has 0 saturated carbocycles. The first-order valence-corrected chi connectivity index (χ1v) is 6.94. The zero-order chi connectivity index (χ0) is 12.6. The summed E-state index contributed by atoms with van der Waals surface area (Å²) >= 11 is 0. The molecule has 0 radical (unpaired) electrons. The summed E-state index contributed by atoms with van der Waals surface area (Å²) in [6.07, 6.45) is 0.324. The second-order valence-corrected chi connectivity index (χ2v) is 6.30. The summed E-state index contributed by atoms with van der Waals surface area (Å²) in [4.78, 5) is 11.5. The highest BCUT2D eigenvalue weighted by Crippen LogP contribution is 2.23. The third-order valence-corrected chi connectivity index (χ3v) is 4.94. The van der Waals surface area contributed by atoms with Crippen LogP contribution in [0.15, 0.2) is 23.1 Å². The monoisotopic (exact) mass is 253 g/mol.